The van der Waals surface area contributed by atoms with Gasteiger partial charge in [-0.05, 0) is 35.4 Å². The third kappa shape index (κ3) is 5.02. The Kier molecular flexibility index (Phi) is 5.39. The lowest BCUT2D eigenvalue weighted by atomic mass is 10.2. The Labute approximate surface area is 194 Å². The number of ether oxygens (including phenoxy) is 4. The van der Waals surface area contributed by atoms with Crippen molar-refractivity contribution in [3.05, 3.63) is 83.9 Å². The number of rotatable bonds is 0. The van der Waals surface area contributed by atoms with E-state index in [4.69, 9.17) is 18.9 Å². The molecule has 0 saturated carbocycles. The van der Waals surface area contributed by atoms with E-state index in [1.807, 2.05) is 0 Å². The van der Waals surface area contributed by atoms with Gasteiger partial charge in [-0.25, -0.2) is 0 Å². The molecule has 0 amide bonds. The maximum absolute atomic E-state index is 10.1. The van der Waals surface area contributed by atoms with Crippen molar-refractivity contribution in [3.63, 3.8) is 0 Å². The van der Waals surface area contributed by atoms with E-state index in [1.165, 1.54) is 48.5 Å². The molecule has 0 saturated heterocycles. The van der Waals surface area contributed by atoms with Gasteiger partial charge in [-0.2, -0.15) is 0 Å². The highest BCUT2D eigenvalue weighted by molar-refractivity contribution is 5.47. The Hall–Kier alpha value is -4.72. The van der Waals surface area contributed by atoms with Crippen molar-refractivity contribution in [3.8, 4) is 57.5 Å². The van der Waals surface area contributed by atoms with Crippen molar-refractivity contribution in [2.45, 2.75) is 13.2 Å². The summed E-state index contributed by atoms with van der Waals surface area (Å²) in [5.74, 6) is 1.74. The van der Waals surface area contributed by atoms with Gasteiger partial charge in [0, 0.05) is 48.5 Å². The molecule has 0 atom stereocenters. The second kappa shape index (κ2) is 8.67. The van der Waals surface area contributed by atoms with Crippen molar-refractivity contribution in [1.29, 1.82) is 0 Å². The molecule has 4 aromatic carbocycles. The summed E-state index contributed by atoms with van der Waals surface area (Å²) in [6.07, 6.45) is 0. The number of fused-ring (bicyclic) bond motifs is 8. The van der Waals surface area contributed by atoms with Gasteiger partial charge in [-0.15, -0.1) is 0 Å². The summed E-state index contributed by atoms with van der Waals surface area (Å²) in [7, 11) is 0. The van der Waals surface area contributed by atoms with E-state index in [9.17, 15) is 20.4 Å². The molecule has 0 radical (unpaired) electrons. The molecule has 8 heteroatoms. The van der Waals surface area contributed by atoms with Crippen molar-refractivity contribution < 1.29 is 39.4 Å². The molecular formula is C26H20O8. The standard InChI is InChI=1S/C26H20O8/c27-17-1-15-3-23(7-17)33-25-9-20(30)6-22(12-25)32-14-16-2-18(28)8-24(4-16)34-26-10-19(29)5-21(11-26)31-13-15/h1-12,27-30H,13-14H2. The second-order valence-electron chi connectivity index (χ2n) is 7.78. The molecule has 4 N–H and O–H groups in total. The molecule has 0 aromatic heterocycles. The Morgan fingerprint density at radius 2 is 0.706 bits per heavy atom. The molecule has 0 unspecified atom stereocenters. The minimum atomic E-state index is -0.0659. The van der Waals surface area contributed by atoms with Crippen molar-refractivity contribution in [2.24, 2.45) is 0 Å². The lowest BCUT2D eigenvalue weighted by molar-refractivity contribution is 0.298. The molecule has 8 nitrogen and oxygen atoms in total. The highest BCUT2D eigenvalue weighted by Gasteiger charge is 2.11. The van der Waals surface area contributed by atoms with Crippen LogP contribution in [0.5, 0.6) is 57.5 Å². The van der Waals surface area contributed by atoms with Gasteiger partial charge < -0.3 is 39.4 Å². The quantitative estimate of drug-likeness (QED) is 0.269. The van der Waals surface area contributed by atoms with Crippen LogP contribution in [0.3, 0.4) is 0 Å². The Balaban J connectivity index is 1.57. The predicted molar refractivity (Wildman–Crippen MR) is 121 cm³/mol. The average Bonchev–Trinajstić information content (AvgIpc) is 2.74. The molecule has 5 rings (SSSR count). The number of hydrogen-bond donors (Lipinski definition) is 4. The van der Waals surface area contributed by atoms with Crippen LogP contribution in [0.1, 0.15) is 11.1 Å². The fraction of sp³-hybridized carbons (Fsp3) is 0.0769. The number of benzene rings is 4. The van der Waals surface area contributed by atoms with Crippen LogP contribution in [0.4, 0.5) is 0 Å². The predicted octanol–water partition coefficient (Wildman–Crippen LogP) is 5.57. The molecule has 1 heterocycles. The van der Waals surface area contributed by atoms with Gasteiger partial charge in [0.2, 0.25) is 0 Å². The molecule has 34 heavy (non-hydrogen) atoms. The van der Waals surface area contributed by atoms with Gasteiger partial charge in [-0.1, -0.05) is 0 Å². The number of phenols is 4. The van der Waals surface area contributed by atoms with E-state index < -0.39 is 0 Å². The maximum Gasteiger partial charge on any atom is 0.134 e. The number of aromatic hydroxyl groups is 4. The highest BCUT2D eigenvalue weighted by Crippen LogP contribution is 2.35. The summed E-state index contributed by atoms with van der Waals surface area (Å²) in [5, 5.41) is 40.5. The lowest BCUT2D eigenvalue weighted by Crippen LogP contribution is -1.98. The average molecular weight is 460 g/mol. The van der Waals surface area contributed by atoms with Crippen LogP contribution < -0.4 is 18.9 Å². The van der Waals surface area contributed by atoms with Crippen LogP contribution in [0.25, 0.3) is 0 Å². The molecule has 0 spiro atoms. The fourth-order valence-electron chi connectivity index (χ4n) is 3.57. The van der Waals surface area contributed by atoms with E-state index in [1.54, 1.807) is 24.3 Å². The van der Waals surface area contributed by atoms with Gasteiger partial charge in [0.1, 0.15) is 70.7 Å². The molecule has 0 fully saturated rings. The fourth-order valence-corrected chi connectivity index (χ4v) is 3.57. The maximum atomic E-state index is 10.1. The molecule has 172 valence electrons. The van der Waals surface area contributed by atoms with Crippen LogP contribution in [0.2, 0.25) is 0 Å². The first-order valence-electron chi connectivity index (χ1n) is 10.3. The number of hydrogen-bond acceptors (Lipinski definition) is 8. The zero-order valence-corrected chi connectivity index (χ0v) is 17.8. The van der Waals surface area contributed by atoms with Crippen LogP contribution in [-0.2, 0) is 13.2 Å². The summed E-state index contributed by atoms with van der Waals surface area (Å²) < 4.78 is 23.3. The molecule has 8 bridgehead atoms. The summed E-state index contributed by atoms with van der Waals surface area (Å²) in [4.78, 5) is 0. The van der Waals surface area contributed by atoms with Gasteiger partial charge >= 0.3 is 0 Å². The van der Waals surface area contributed by atoms with Crippen LogP contribution in [0, 0.1) is 0 Å². The Morgan fingerprint density at radius 3 is 1.12 bits per heavy atom. The largest absolute Gasteiger partial charge is 0.508 e. The van der Waals surface area contributed by atoms with Crippen molar-refractivity contribution in [2.75, 3.05) is 0 Å². The molecule has 1 aliphatic heterocycles. The molecular weight excluding hydrogens is 440 g/mol. The summed E-state index contributed by atoms with van der Waals surface area (Å²) in [6, 6.07) is 18.2. The third-order valence-corrected chi connectivity index (χ3v) is 4.91. The summed E-state index contributed by atoms with van der Waals surface area (Å²) in [6.45, 7) is 0.136. The molecule has 1 aliphatic rings. The topological polar surface area (TPSA) is 118 Å². The first-order chi connectivity index (χ1) is 16.4. The smallest absolute Gasteiger partial charge is 0.134 e. The van der Waals surface area contributed by atoms with E-state index in [0.717, 1.165) is 0 Å². The zero-order chi connectivity index (χ0) is 23.7. The first kappa shape index (κ1) is 21.1. The Bertz CT molecular complexity index is 1160. The monoisotopic (exact) mass is 460 g/mol. The molecule has 0 aliphatic carbocycles. The zero-order valence-electron chi connectivity index (χ0n) is 17.8. The van der Waals surface area contributed by atoms with Crippen LogP contribution in [0.15, 0.2) is 72.8 Å². The van der Waals surface area contributed by atoms with E-state index in [0.29, 0.717) is 45.6 Å². The van der Waals surface area contributed by atoms with E-state index >= 15 is 0 Å². The Morgan fingerprint density at radius 1 is 0.382 bits per heavy atom. The third-order valence-electron chi connectivity index (χ3n) is 4.91. The van der Waals surface area contributed by atoms with Gasteiger partial charge in [0.15, 0.2) is 0 Å². The highest BCUT2D eigenvalue weighted by atomic mass is 16.5. The normalized spacial score (nSPS) is 12.7. The van der Waals surface area contributed by atoms with Gasteiger partial charge in [0.25, 0.3) is 0 Å². The molecule has 4 aromatic rings. The summed E-state index contributed by atoms with van der Waals surface area (Å²) in [5.41, 5.74) is 1.22. The van der Waals surface area contributed by atoms with Crippen molar-refractivity contribution in [1.82, 2.24) is 0 Å². The lowest BCUT2D eigenvalue weighted by Gasteiger charge is -2.14. The second-order valence-corrected chi connectivity index (χ2v) is 7.78. The van der Waals surface area contributed by atoms with Crippen molar-refractivity contribution >= 4 is 0 Å². The van der Waals surface area contributed by atoms with E-state index in [-0.39, 0.29) is 36.2 Å². The van der Waals surface area contributed by atoms with Crippen LogP contribution in [-0.4, -0.2) is 20.4 Å². The van der Waals surface area contributed by atoms with Gasteiger partial charge in [-0.3, -0.25) is 0 Å². The SMILES string of the molecule is Oc1cc2cc(c1)Oc1cc(O)cc(c1)OCc1cc(O)cc(c1)Oc1cc(O)cc(c1)OC2. The minimum absolute atomic E-state index is 0.0274. The number of phenolic OH excluding ortho intramolecular Hbond substituents is 4. The minimum Gasteiger partial charge on any atom is -0.508 e. The van der Waals surface area contributed by atoms with E-state index in [2.05, 4.69) is 0 Å². The first-order valence-corrected chi connectivity index (χ1v) is 10.3. The van der Waals surface area contributed by atoms with Gasteiger partial charge in [0.05, 0.1) is 0 Å². The summed E-state index contributed by atoms with van der Waals surface area (Å²) >= 11 is 0. The van der Waals surface area contributed by atoms with Crippen LogP contribution >= 0.6 is 0 Å².